The van der Waals surface area contributed by atoms with E-state index in [2.05, 4.69) is 15.6 Å². The molecule has 19 heavy (non-hydrogen) atoms. The van der Waals surface area contributed by atoms with E-state index in [1.807, 2.05) is 6.07 Å². The lowest BCUT2D eigenvalue weighted by atomic mass is 9.99. The number of amides is 2. The van der Waals surface area contributed by atoms with Crippen molar-refractivity contribution >= 4 is 17.6 Å². The lowest BCUT2D eigenvalue weighted by Crippen LogP contribution is -2.52. The number of nitrogens with zero attached hydrogens (tertiary/aromatic N) is 1. The van der Waals surface area contributed by atoms with Crippen LogP contribution in [0.3, 0.4) is 0 Å². The molecule has 0 atom stereocenters. The van der Waals surface area contributed by atoms with Crippen molar-refractivity contribution in [3.05, 3.63) is 29.0 Å². The van der Waals surface area contributed by atoms with Crippen LogP contribution >= 0.6 is 11.6 Å². The molecule has 1 aliphatic rings. The van der Waals surface area contributed by atoms with E-state index >= 15 is 0 Å². The number of carbonyl (C=O) groups excluding carboxylic acids is 1. The summed E-state index contributed by atoms with van der Waals surface area (Å²) in [6.07, 6.45) is 5.38. The number of carbonyl (C=O) groups is 1. The summed E-state index contributed by atoms with van der Waals surface area (Å²) in [5.74, 6) is 0. The maximum atomic E-state index is 11.8. The Morgan fingerprint density at radius 1 is 1.42 bits per heavy atom. The fourth-order valence-electron chi connectivity index (χ4n) is 2.35. The minimum absolute atomic E-state index is 0.0110. The zero-order chi connectivity index (χ0) is 13.7. The number of aliphatic hydroxyl groups excluding tert-OH is 1. The number of urea groups is 1. The van der Waals surface area contributed by atoms with Gasteiger partial charge < -0.3 is 15.7 Å². The van der Waals surface area contributed by atoms with Crippen LogP contribution in [0.1, 0.15) is 31.2 Å². The largest absolute Gasteiger partial charge is 0.394 e. The van der Waals surface area contributed by atoms with Crippen LogP contribution in [0.2, 0.25) is 5.15 Å². The van der Waals surface area contributed by atoms with E-state index < -0.39 is 5.54 Å². The van der Waals surface area contributed by atoms with Crippen molar-refractivity contribution in [1.29, 1.82) is 0 Å². The lowest BCUT2D eigenvalue weighted by Gasteiger charge is -2.27. The normalized spacial score (nSPS) is 17.2. The highest BCUT2D eigenvalue weighted by Gasteiger charge is 2.34. The lowest BCUT2D eigenvalue weighted by molar-refractivity contribution is 0.163. The summed E-state index contributed by atoms with van der Waals surface area (Å²) in [6, 6.07) is 3.24. The minimum Gasteiger partial charge on any atom is -0.394 e. The third kappa shape index (κ3) is 3.81. The van der Waals surface area contributed by atoms with Gasteiger partial charge in [0, 0.05) is 12.7 Å². The van der Waals surface area contributed by atoms with Crippen molar-refractivity contribution in [2.75, 3.05) is 6.61 Å². The first-order chi connectivity index (χ1) is 9.13. The van der Waals surface area contributed by atoms with Gasteiger partial charge in [-0.1, -0.05) is 30.5 Å². The van der Waals surface area contributed by atoms with Gasteiger partial charge in [0.05, 0.1) is 12.1 Å². The molecule has 0 aromatic carbocycles. The first kappa shape index (κ1) is 14.1. The Hall–Kier alpha value is -1.33. The molecule has 2 rings (SSSR count). The van der Waals surface area contributed by atoms with Crippen molar-refractivity contribution in [2.45, 2.75) is 37.8 Å². The van der Waals surface area contributed by atoms with Gasteiger partial charge in [0.25, 0.3) is 0 Å². The van der Waals surface area contributed by atoms with Crippen LogP contribution in [-0.4, -0.2) is 28.3 Å². The molecule has 0 unspecified atom stereocenters. The number of aliphatic hydroxyl groups is 1. The van der Waals surface area contributed by atoms with Crippen LogP contribution in [0.4, 0.5) is 4.79 Å². The Morgan fingerprint density at radius 3 is 2.74 bits per heavy atom. The summed E-state index contributed by atoms with van der Waals surface area (Å²) in [4.78, 5) is 15.8. The van der Waals surface area contributed by atoms with Crippen molar-refractivity contribution in [2.24, 2.45) is 0 Å². The Balaban J connectivity index is 1.82. The van der Waals surface area contributed by atoms with Crippen molar-refractivity contribution < 1.29 is 9.90 Å². The molecular weight excluding hydrogens is 266 g/mol. The van der Waals surface area contributed by atoms with Gasteiger partial charge in [-0.05, 0) is 24.5 Å². The molecule has 1 fully saturated rings. The van der Waals surface area contributed by atoms with Crippen LogP contribution in [0.15, 0.2) is 18.3 Å². The standard InChI is InChI=1S/C13H18ClN3O2/c14-11-4-3-10(7-15-11)8-16-12(19)17-13(9-18)5-1-2-6-13/h3-4,7,18H,1-2,5-6,8-9H2,(H2,16,17,19). The van der Waals surface area contributed by atoms with E-state index in [1.165, 1.54) is 0 Å². The Kier molecular flexibility index (Phi) is 4.61. The molecule has 2 amide bonds. The van der Waals surface area contributed by atoms with E-state index in [0.29, 0.717) is 11.7 Å². The Morgan fingerprint density at radius 2 is 2.16 bits per heavy atom. The Bertz CT molecular complexity index is 430. The second-order valence-electron chi connectivity index (χ2n) is 4.94. The first-order valence-electron chi connectivity index (χ1n) is 6.41. The van der Waals surface area contributed by atoms with E-state index in [4.69, 9.17) is 11.6 Å². The number of hydrogen-bond donors (Lipinski definition) is 3. The number of aromatic nitrogens is 1. The maximum absolute atomic E-state index is 11.8. The van der Waals surface area contributed by atoms with Crippen LogP contribution in [0, 0.1) is 0 Å². The number of rotatable bonds is 4. The first-order valence-corrected chi connectivity index (χ1v) is 6.79. The van der Waals surface area contributed by atoms with Crippen molar-refractivity contribution in [3.63, 3.8) is 0 Å². The molecular formula is C13H18ClN3O2. The molecule has 1 aliphatic carbocycles. The van der Waals surface area contributed by atoms with E-state index in [1.54, 1.807) is 12.3 Å². The molecule has 0 radical (unpaired) electrons. The average molecular weight is 284 g/mol. The van der Waals surface area contributed by atoms with Gasteiger partial charge in [0.1, 0.15) is 5.15 Å². The molecule has 0 bridgehead atoms. The average Bonchev–Trinajstić information content (AvgIpc) is 2.87. The molecule has 104 valence electrons. The predicted molar refractivity (Wildman–Crippen MR) is 72.9 cm³/mol. The third-order valence-electron chi connectivity index (χ3n) is 3.48. The van der Waals surface area contributed by atoms with Gasteiger partial charge in [-0.15, -0.1) is 0 Å². The smallest absolute Gasteiger partial charge is 0.315 e. The second-order valence-corrected chi connectivity index (χ2v) is 5.33. The molecule has 0 spiro atoms. The quantitative estimate of drug-likeness (QED) is 0.738. The number of halogens is 1. The maximum Gasteiger partial charge on any atom is 0.315 e. The monoisotopic (exact) mass is 283 g/mol. The molecule has 6 heteroatoms. The number of hydrogen-bond acceptors (Lipinski definition) is 3. The van der Waals surface area contributed by atoms with Gasteiger partial charge in [-0.3, -0.25) is 0 Å². The number of nitrogens with one attached hydrogen (secondary N) is 2. The molecule has 1 saturated carbocycles. The van der Waals surface area contributed by atoms with E-state index in [9.17, 15) is 9.90 Å². The zero-order valence-corrected chi connectivity index (χ0v) is 11.4. The molecule has 1 heterocycles. The van der Waals surface area contributed by atoms with Gasteiger partial charge in [0.15, 0.2) is 0 Å². The highest BCUT2D eigenvalue weighted by molar-refractivity contribution is 6.29. The molecule has 5 nitrogen and oxygen atoms in total. The highest BCUT2D eigenvalue weighted by atomic mass is 35.5. The van der Waals surface area contributed by atoms with Crippen LogP contribution in [0.25, 0.3) is 0 Å². The third-order valence-corrected chi connectivity index (χ3v) is 3.71. The molecule has 1 aromatic rings. The van der Waals surface area contributed by atoms with Gasteiger partial charge in [-0.25, -0.2) is 9.78 Å². The van der Waals surface area contributed by atoms with Crippen LogP contribution in [0.5, 0.6) is 0 Å². The highest BCUT2D eigenvalue weighted by Crippen LogP contribution is 2.28. The molecule has 3 N–H and O–H groups in total. The minimum atomic E-state index is -0.442. The SMILES string of the molecule is O=C(NCc1ccc(Cl)nc1)NC1(CO)CCCC1. The molecule has 0 aliphatic heterocycles. The topological polar surface area (TPSA) is 74.2 Å². The van der Waals surface area contributed by atoms with Crippen LogP contribution in [-0.2, 0) is 6.54 Å². The predicted octanol–water partition coefficient (Wildman–Crippen LogP) is 1.84. The fraction of sp³-hybridized carbons (Fsp3) is 0.538. The molecule has 1 aromatic heterocycles. The van der Waals surface area contributed by atoms with Crippen molar-refractivity contribution in [1.82, 2.24) is 15.6 Å². The van der Waals surface area contributed by atoms with Gasteiger partial charge >= 0.3 is 6.03 Å². The summed E-state index contributed by atoms with van der Waals surface area (Å²) >= 11 is 5.69. The summed E-state index contributed by atoms with van der Waals surface area (Å²) in [7, 11) is 0. The van der Waals surface area contributed by atoms with E-state index in [0.717, 1.165) is 31.2 Å². The van der Waals surface area contributed by atoms with Gasteiger partial charge in [-0.2, -0.15) is 0 Å². The number of pyridine rings is 1. The fourth-order valence-corrected chi connectivity index (χ4v) is 2.46. The summed E-state index contributed by atoms with van der Waals surface area (Å²) < 4.78 is 0. The van der Waals surface area contributed by atoms with Crippen molar-refractivity contribution in [3.8, 4) is 0 Å². The summed E-state index contributed by atoms with van der Waals surface area (Å²) in [5, 5.41) is 15.5. The van der Waals surface area contributed by atoms with Gasteiger partial charge in [0.2, 0.25) is 0 Å². The van der Waals surface area contributed by atoms with E-state index in [-0.39, 0.29) is 12.6 Å². The summed E-state index contributed by atoms with van der Waals surface area (Å²) in [5.41, 5.74) is 0.437. The van der Waals surface area contributed by atoms with Crippen LogP contribution < -0.4 is 10.6 Å². The molecule has 0 saturated heterocycles. The second kappa shape index (κ2) is 6.21. The zero-order valence-electron chi connectivity index (χ0n) is 10.7. The summed E-state index contributed by atoms with van der Waals surface area (Å²) in [6.45, 7) is 0.375. The Labute approximate surface area is 117 Å².